The summed E-state index contributed by atoms with van der Waals surface area (Å²) in [6.07, 6.45) is 1.91. The van der Waals surface area contributed by atoms with Crippen molar-refractivity contribution in [3.63, 3.8) is 0 Å². The molecule has 1 aromatic rings. The van der Waals surface area contributed by atoms with Gasteiger partial charge in [0.05, 0.1) is 6.42 Å². The van der Waals surface area contributed by atoms with Gasteiger partial charge in [0, 0.05) is 18.0 Å². The van der Waals surface area contributed by atoms with E-state index in [9.17, 15) is 9.59 Å². The number of aliphatic carboxylic acids is 1. The first-order valence-electron chi connectivity index (χ1n) is 6.70. The number of carbonyl (C=O) groups excluding carboxylic acids is 1. The zero-order valence-corrected chi connectivity index (χ0v) is 12.3. The maximum absolute atomic E-state index is 11.7. The predicted octanol–water partition coefficient (Wildman–Crippen LogP) is 2.89. The molecule has 1 atom stereocenters. The van der Waals surface area contributed by atoms with E-state index in [4.69, 9.17) is 16.7 Å². The first-order valence-corrected chi connectivity index (χ1v) is 7.08. The molecular formula is C15H20ClNO3. The van der Waals surface area contributed by atoms with E-state index in [0.717, 1.165) is 12.0 Å². The van der Waals surface area contributed by atoms with E-state index in [2.05, 4.69) is 5.32 Å². The summed E-state index contributed by atoms with van der Waals surface area (Å²) in [7, 11) is 0. The summed E-state index contributed by atoms with van der Waals surface area (Å²) in [4.78, 5) is 22.2. The van der Waals surface area contributed by atoms with Crippen molar-refractivity contribution in [3.05, 3.63) is 34.9 Å². The van der Waals surface area contributed by atoms with Gasteiger partial charge in [0.15, 0.2) is 0 Å². The number of nitrogens with one attached hydrogen (secondary N) is 1. The van der Waals surface area contributed by atoms with Crippen LogP contribution in [0.15, 0.2) is 24.3 Å². The van der Waals surface area contributed by atoms with Gasteiger partial charge in [-0.25, -0.2) is 0 Å². The van der Waals surface area contributed by atoms with Gasteiger partial charge in [0.2, 0.25) is 5.91 Å². The summed E-state index contributed by atoms with van der Waals surface area (Å²) in [5, 5.41) is 12.0. The third kappa shape index (κ3) is 7.14. The Morgan fingerprint density at radius 3 is 2.75 bits per heavy atom. The zero-order chi connectivity index (χ0) is 15.0. The molecule has 1 rings (SSSR count). The van der Waals surface area contributed by atoms with E-state index in [1.165, 1.54) is 0 Å². The molecule has 0 saturated heterocycles. The Labute approximate surface area is 124 Å². The smallest absolute Gasteiger partial charge is 0.303 e. The Morgan fingerprint density at radius 1 is 1.35 bits per heavy atom. The van der Waals surface area contributed by atoms with Crippen LogP contribution in [0.2, 0.25) is 5.02 Å². The van der Waals surface area contributed by atoms with E-state index in [0.29, 0.717) is 24.4 Å². The molecule has 110 valence electrons. The van der Waals surface area contributed by atoms with Crippen molar-refractivity contribution in [2.75, 3.05) is 6.54 Å². The van der Waals surface area contributed by atoms with Crippen molar-refractivity contribution in [3.8, 4) is 0 Å². The maximum atomic E-state index is 11.7. The maximum Gasteiger partial charge on any atom is 0.303 e. The first-order chi connectivity index (χ1) is 9.47. The minimum atomic E-state index is -0.776. The molecule has 0 aliphatic rings. The summed E-state index contributed by atoms with van der Waals surface area (Å²) in [6, 6.07) is 7.23. The van der Waals surface area contributed by atoms with Gasteiger partial charge in [-0.05, 0) is 36.5 Å². The van der Waals surface area contributed by atoms with Crippen LogP contribution >= 0.6 is 11.6 Å². The van der Waals surface area contributed by atoms with Crippen LogP contribution in [0.4, 0.5) is 0 Å². The van der Waals surface area contributed by atoms with Gasteiger partial charge in [-0.2, -0.15) is 0 Å². The molecule has 2 N–H and O–H groups in total. The second-order valence-corrected chi connectivity index (χ2v) is 5.42. The molecule has 0 aliphatic heterocycles. The SMILES string of the molecule is CC(CCNC(=O)Cc1cccc(Cl)c1)CCC(=O)O. The Morgan fingerprint density at radius 2 is 2.10 bits per heavy atom. The number of benzene rings is 1. The van der Waals surface area contributed by atoms with E-state index in [1.807, 2.05) is 19.1 Å². The van der Waals surface area contributed by atoms with Gasteiger partial charge in [-0.1, -0.05) is 30.7 Å². The summed E-state index contributed by atoms with van der Waals surface area (Å²) in [5.74, 6) is -0.530. The van der Waals surface area contributed by atoms with Crippen LogP contribution in [0.25, 0.3) is 0 Å². The molecule has 4 nitrogen and oxygen atoms in total. The molecule has 0 aliphatic carbocycles. The summed E-state index contributed by atoms with van der Waals surface area (Å²) < 4.78 is 0. The van der Waals surface area contributed by atoms with Crippen LogP contribution in [-0.4, -0.2) is 23.5 Å². The van der Waals surface area contributed by atoms with Crippen molar-refractivity contribution >= 4 is 23.5 Å². The van der Waals surface area contributed by atoms with Crippen LogP contribution in [0.1, 0.15) is 31.7 Å². The number of halogens is 1. The molecule has 1 unspecified atom stereocenters. The van der Waals surface area contributed by atoms with Crippen LogP contribution in [0.5, 0.6) is 0 Å². The highest BCUT2D eigenvalue weighted by Gasteiger charge is 2.07. The minimum absolute atomic E-state index is 0.0438. The number of amides is 1. The monoisotopic (exact) mass is 297 g/mol. The van der Waals surface area contributed by atoms with Crippen LogP contribution in [0, 0.1) is 5.92 Å². The highest BCUT2D eigenvalue weighted by Crippen LogP contribution is 2.11. The Hall–Kier alpha value is -1.55. The third-order valence-electron chi connectivity index (χ3n) is 3.06. The van der Waals surface area contributed by atoms with Gasteiger partial charge in [-0.15, -0.1) is 0 Å². The van der Waals surface area contributed by atoms with Crippen molar-refractivity contribution in [2.45, 2.75) is 32.6 Å². The quantitative estimate of drug-likeness (QED) is 0.775. The second-order valence-electron chi connectivity index (χ2n) is 4.98. The van der Waals surface area contributed by atoms with Gasteiger partial charge in [0.25, 0.3) is 0 Å². The number of carboxylic acid groups (broad SMARTS) is 1. The summed E-state index contributed by atoms with van der Waals surface area (Å²) in [6.45, 7) is 2.56. The van der Waals surface area contributed by atoms with Gasteiger partial charge in [0.1, 0.15) is 0 Å². The molecule has 1 amide bonds. The van der Waals surface area contributed by atoms with Crippen LogP contribution in [0.3, 0.4) is 0 Å². The number of carbonyl (C=O) groups is 2. The third-order valence-corrected chi connectivity index (χ3v) is 3.30. The number of rotatable bonds is 8. The van der Waals surface area contributed by atoms with Crippen molar-refractivity contribution in [1.29, 1.82) is 0 Å². The average molecular weight is 298 g/mol. The molecule has 0 fully saturated rings. The van der Waals surface area contributed by atoms with Crippen molar-refractivity contribution in [1.82, 2.24) is 5.32 Å². The van der Waals surface area contributed by atoms with E-state index in [1.54, 1.807) is 12.1 Å². The Kier molecular flexibility index (Phi) is 7.09. The van der Waals surface area contributed by atoms with E-state index in [-0.39, 0.29) is 18.2 Å². The zero-order valence-electron chi connectivity index (χ0n) is 11.6. The topological polar surface area (TPSA) is 66.4 Å². The second kappa shape index (κ2) is 8.59. The van der Waals surface area contributed by atoms with Gasteiger partial charge >= 0.3 is 5.97 Å². The fourth-order valence-electron chi connectivity index (χ4n) is 1.87. The summed E-state index contributed by atoms with van der Waals surface area (Å²) >= 11 is 5.85. The highest BCUT2D eigenvalue weighted by atomic mass is 35.5. The summed E-state index contributed by atoms with van der Waals surface area (Å²) in [5.41, 5.74) is 0.883. The molecule has 0 radical (unpaired) electrons. The lowest BCUT2D eigenvalue weighted by Crippen LogP contribution is -2.27. The standard InChI is InChI=1S/C15H20ClNO3/c1-11(5-6-15(19)20)7-8-17-14(18)10-12-3-2-4-13(16)9-12/h2-4,9,11H,5-8,10H2,1H3,(H,17,18)(H,19,20). The molecule has 20 heavy (non-hydrogen) atoms. The number of hydrogen-bond acceptors (Lipinski definition) is 2. The van der Waals surface area contributed by atoms with Crippen molar-refractivity contribution in [2.24, 2.45) is 5.92 Å². The van der Waals surface area contributed by atoms with Crippen LogP contribution in [-0.2, 0) is 16.0 Å². The van der Waals surface area contributed by atoms with Gasteiger partial charge in [-0.3, -0.25) is 9.59 Å². The highest BCUT2D eigenvalue weighted by molar-refractivity contribution is 6.30. The molecule has 1 aromatic carbocycles. The Bertz CT molecular complexity index is 462. The lowest BCUT2D eigenvalue weighted by atomic mass is 10.0. The average Bonchev–Trinajstić information content (AvgIpc) is 2.36. The molecular weight excluding hydrogens is 278 g/mol. The predicted molar refractivity (Wildman–Crippen MR) is 78.8 cm³/mol. The molecule has 0 heterocycles. The normalized spacial score (nSPS) is 11.9. The van der Waals surface area contributed by atoms with Crippen LogP contribution < -0.4 is 5.32 Å². The minimum Gasteiger partial charge on any atom is -0.481 e. The molecule has 0 spiro atoms. The molecule has 5 heteroatoms. The number of hydrogen-bond donors (Lipinski definition) is 2. The first kappa shape index (κ1) is 16.5. The molecule has 0 bridgehead atoms. The fraction of sp³-hybridized carbons (Fsp3) is 0.467. The van der Waals surface area contributed by atoms with Gasteiger partial charge < -0.3 is 10.4 Å². The Balaban J connectivity index is 2.21. The molecule has 0 saturated carbocycles. The van der Waals surface area contributed by atoms with Crippen molar-refractivity contribution < 1.29 is 14.7 Å². The molecule has 0 aromatic heterocycles. The van der Waals surface area contributed by atoms with E-state index >= 15 is 0 Å². The van der Waals surface area contributed by atoms with E-state index < -0.39 is 5.97 Å². The number of carboxylic acids is 1. The fourth-order valence-corrected chi connectivity index (χ4v) is 2.08. The lowest BCUT2D eigenvalue weighted by molar-refractivity contribution is -0.137. The lowest BCUT2D eigenvalue weighted by Gasteiger charge is -2.11. The largest absolute Gasteiger partial charge is 0.481 e.